The van der Waals surface area contributed by atoms with Gasteiger partial charge in [0.05, 0.1) is 5.56 Å². The smallest absolute Gasteiger partial charge is 0.254 e. The van der Waals surface area contributed by atoms with Gasteiger partial charge in [0, 0.05) is 12.6 Å². The van der Waals surface area contributed by atoms with Crippen LogP contribution in [0.3, 0.4) is 0 Å². The van der Waals surface area contributed by atoms with Crippen LogP contribution in [0.25, 0.3) is 0 Å². The Kier molecular flexibility index (Phi) is 5.54. The van der Waals surface area contributed by atoms with E-state index in [1.54, 1.807) is 0 Å². The van der Waals surface area contributed by atoms with Crippen LogP contribution in [0.5, 0.6) is 5.75 Å². The third kappa shape index (κ3) is 4.08. The number of carbonyl (C=O) groups is 1. The Labute approximate surface area is 128 Å². The highest BCUT2D eigenvalue weighted by molar-refractivity contribution is 5.94. The first-order valence-corrected chi connectivity index (χ1v) is 7.13. The number of allylic oxidation sites excluding steroid dienone is 1. The topological polar surface area (TPSA) is 38.3 Å². The van der Waals surface area contributed by atoms with E-state index < -0.39 is 17.5 Å². The number of nitrogens with one attached hydrogen (secondary N) is 1. The number of rotatable bonds is 5. The number of halogens is 2. The van der Waals surface area contributed by atoms with E-state index in [9.17, 15) is 13.6 Å². The monoisotopic (exact) mass is 305 g/mol. The molecule has 1 N–H and O–H groups in total. The van der Waals surface area contributed by atoms with Gasteiger partial charge in [-0.05, 0) is 31.7 Å². The first kappa shape index (κ1) is 16.0. The summed E-state index contributed by atoms with van der Waals surface area (Å²) in [5.41, 5.74) is 0.774. The van der Waals surface area contributed by atoms with E-state index >= 15 is 0 Å². The Hall–Kier alpha value is -2.35. The van der Waals surface area contributed by atoms with E-state index in [0.717, 1.165) is 43.4 Å². The predicted octanol–water partition coefficient (Wildman–Crippen LogP) is 3.21. The highest BCUT2D eigenvalue weighted by Gasteiger charge is 2.17. The third-order valence-electron chi connectivity index (χ3n) is 3.44. The van der Waals surface area contributed by atoms with Gasteiger partial charge in [-0.1, -0.05) is 17.6 Å². The van der Waals surface area contributed by atoms with Crippen molar-refractivity contribution >= 4 is 5.91 Å². The van der Waals surface area contributed by atoms with Gasteiger partial charge in [0.15, 0.2) is 11.6 Å². The first-order chi connectivity index (χ1) is 10.6. The van der Waals surface area contributed by atoms with Gasteiger partial charge in [-0.2, -0.15) is 0 Å². The van der Waals surface area contributed by atoms with Gasteiger partial charge < -0.3 is 10.1 Å². The fourth-order valence-corrected chi connectivity index (χ4v) is 2.29. The lowest BCUT2D eigenvalue weighted by atomic mass is 9.99. The number of ether oxygens (including phenoxy) is 1. The van der Waals surface area contributed by atoms with E-state index in [-0.39, 0.29) is 17.9 Å². The van der Waals surface area contributed by atoms with Crippen molar-refractivity contribution in [3.05, 3.63) is 41.0 Å². The lowest BCUT2D eigenvalue weighted by Gasteiger charge is -2.14. The van der Waals surface area contributed by atoms with Gasteiger partial charge >= 0.3 is 0 Å². The lowest BCUT2D eigenvalue weighted by Crippen LogP contribution is -2.27. The molecule has 3 nitrogen and oxygen atoms in total. The van der Waals surface area contributed by atoms with Crippen molar-refractivity contribution < 1.29 is 18.3 Å². The van der Waals surface area contributed by atoms with Gasteiger partial charge in [0.2, 0.25) is 0 Å². The average Bonchev–Trinajstić information content (AvgIpc) is 2.54. The molecule has 116 valence electrons. The third-order valence-corrected chi connectivity index (χ3v) is 3.44. The number of hydrogen-bond acceptors (Lipinski definition) is 2. The van der Waals surface area contributed by atoms with Crippen LogP contribution < -0.4 is 10.1 Å². The van der Waals surface area contributed by atoms with Crippen molar-refractivity contribution in [2.75, 3.05) is 13.2 Å². The Morgan fingerprint density at radius 2 is 2.14 bits per heavy atom. The quantitative estimate of drug-likeness (QED) is 0.670. The Morgan fingerprint density at radius 1 is 1.32 bits per heavy atom. The molecule has 1 amide bonds. The fourth-order valence-electron chi connectivity index (χ4n) is 2.29. The molecule has 0 aromatic heterocycles. The molecular weight excluding hydrogens is 288 g/mol. The van der Waals surface area contributed by atoms with Gasteiger partial charge in [-0.15, -0.1) is 6.42 Å². The second kappa shape index (κ2) is 7.60. The normalized spacial score (nSPS) is 14.0. The van der Waals surface area contributed by atoms with Crippen LogP contribution in [0.1, 0.15) is 36.0 Å². The summed E-state index contributed by atoms with van der Waals surface area (Å²) in [4.78, 5) is 12.0. The van der Waals surface area contributed by atoms with Crippen molar-refractivity contribution in [1.82, 2.24) is 5.32 Å². The molecule has 5 heteroatoms. The van der Waals surface area contributed by atoms with Crippen molar-refractivity contribution in [3.63, 3.8) is 0 Å². The molecule has 1 aliphatic rings. The molecule has 1 aromatic rings. The summed E-state index contributed by atoms with van der Waals surface area (Å²) in [5, 5.41) is 2.61. The molecule has 2 rings (SSSR count). The number of terminal acetylenes is 1. The zero-order valence-electron chi connectivity index (χ0n) is 12.1. The van der Waals surface area contributed by atoms with Crippen molar-refractivity contribution in [1.29, 1.82) is 0 Å². The van der Waals surface area contributed by atoms with Crippen LogP contribution in [0.2, 0.25) is 0 Å². The van der Waals surface area contributed by atoms with Crippen LogP contribution in [0.15, 0.2) is 23.8 Å². The van der Waals surface area contributed by atoms with Crippen LogP contribution in [-0.2, 0) is 0 Å². The maximum absolute atomic E-state index is 13.9. The average molecular weight is 305 g/mol. The van der Waals surface area contributed by atoms with E-state index in [0.29, 0.717) is 6.54 Å². The SMILES string of the molecule is C#CCOc1cc(F)c(C(=O)NCC2=CCCCC2)cc1F. The summed E-state index contributed by atoms with van der Waals surface area (Å²) >= 11 is 0. The lowest BCUT2D eigenvalue weighted by molar-refractivity contribution is 0.0952. The molecule has 22 heavy (non-hydrogen) atoms. The standard InChI is InChI=1S/C17H17F2NO2/c1-2-8-22-16-10-14(18)13(9-15(16)19)17(21)20-11-12-6-4-3-5-7-12/h1,6,9-10H,3-5,7-8,11H2,(H,20,21). The minimum atomic E-state index is -0.844. The van der Waals surface area contributed by atoms with Crippen LogP contribution >= 0.6 is 0 Å². The van der Waals surface area contributed by atoms with E-state index in [2.05, 4.69) is 17.3 Å². The predicted molar refractivity (Wildman–Crippen MR) is 79.6 cm³/mol. The van der Waals surface area contributed by atoms with Crippen molar-refractivity contribution in [2.45, 2.75) is 25.7 Å². The van der Waals surface area contributed by atoms with Crippen LogP contribution in [0.4, 0.5) is 8.78 Å². The minimum absolute atomic E-state index is 0.171. The highest BCUT2D eigenvalue weighted by atomic mass is 19.1. The largest absolute Gasteiger partial charge is 0.478 e. The molecule has 0 spiro atoms. The Bertz CT molecular complexity index is 632. The van der Waals surface area contributed by atoms with Gasteiger partial charge in [-0.3, -0.25) is 4.79 Å². The van der Waals surface area contributed by atoms with Crippen molar-refractivity contribution in [3.8, 4) is 18.1 Å². The summed E-state index contributed by atoms with van der Waals surface area (Å²) in [5.74, 6) is -0.455. The molecule has 1 aliphatic carbocycles. The number of carbonyl (C=O) groups excluding carboxylic acids is 1. The summed E-state index contributed by atoms with van der Waals surface area (Å²) in [7, 11) is 0. The Morgan fingerprint density at radius 3 is 2.82 bits per heavy atom. The molecule has 1 aromatic carbocycles. The fraction of sp³-hybridized carbons (Fsp3) is 0.353. The number of benzene rings is 1. The molecule has 0 atom stereocenters. The second-order valence-corrected chi connectivity index (χ2v) is 5.05. The summed E-state index contributed by atoms with van der Waals surface area (Å²) in [6.07, 6.45) is 11.2. The van der Waals surface area contributed by atoms with E-state index in [4.69, 9.17) is 11.2 Å². The van der Waals surface area contributed by atoms with Gasteiger partial charge in [-0.25, -0.2) is 8.78 Å². The molecule has 0 fully saturated rings. The zero-order valence-corrected chi connectivity index (χ0v) is 12.1. The highest BCUT2D eigenvalue weighted by Crippen LogP contribution is 2.22. The van der Waals surface area contributed by atoms with E-state index in [1.165, 1.54) is 0 Å². The molecule has 0 saturated heterocycles. The van der Waals surface area contributed by atoms with E-state index in [1.807, 2.05) is 0 Å². The first-order valence-electron chi connectivity index (χ1n) is 7.13. The maximum Gasteiger partial charge on any atom is 0.254 e. The molecule has 0 bridgehead atoms. The van der Waals surface area contributed by atoms with Gasteiger partial charge in [0.1, 0.15) is 12.4 Å². The van der Waals surface area contributed by atoms with Gasteiger partial charge in [0.25, 0.3) is 5.91 Å². The number of hydrogen-bond donors (Lipinski definition) is 1. The molecule has 0 saturated carbocycles. The Balaban J connectivity index is 2.04. The molecule has 0 unspecified atom stereocenters. The minimum Gasteiger partial charge on any atom is -0.478 e. The number of amides is 1. The summed E-state index contributed by atoms with van der Waals surface area (Å²) in [6, 6.07) is 1.66. The maximum atomic E-state index is 13.9. The van der Waals surface area contributed by atoms with Crippen LogP contribution in [0, 0.1) is 24.0 Å². The summed E-state index contributed by atoms with van der Waals surface area (Å²) in [6.45, 7) is 0.186. The molecule has 0 heterocycles. The molecular formula is C17H17F2NO2. The van der Waals surface area contributed by atoms with Crippen molar-refractivity contribution in [2.24, 2.45) is 0 Å². The molecule has 0 radical (unpaired) electrons. The van der Waals surface area contributed by atoms with Crippen LogP contribution in [-0.4, -0.2) is 19.1 Å². The summed E-state index contributed by atoms with van der Waals surface area (Å²) < 4.78 is 32.5. The second-order valence-electron chi connectivity index (χ2n) is 5.05. The molecule has 0 aliphatic heterocycles. The zero-order chi connectivity index (χ0) is 15.9.